The summed E-state index contributed by atoms with van der Waals surface area (Å²) < 4.78 is 11.2. The molecule has 2 rings (SSSR count). The first-order valence-corrected chi connectivity index (χ1v) is 6.31. The molecule has 0 aliphatic heterocycles. The van der Waals surface area contributed by atoms with Gasteiger partial charge in [0.25, 0.3) is 5.91 Å². The molecule has 0 spiro atoms. The highest BCUT2D eigenvalue weighted by molar-refractivity contribution is 5.94. The van der Waals surface area contributed by atoms with Crippen molar-refractivity contribution in [2.75, 3.05) is 0 Å². The van der Waals surface area contributed by atoms with E-state index in [0.29, 0.717) is 17.1 Å². The Morgan fingerprint density at radius 2 is 1.85 bits per heavy atom. The molecule has 0 saturated heterocycles. The molecular formula is C15H18N2O3. The second kappa shape index (κ2) is 5.79. The number of furan rings is 1. The lowest BCUT2D eigenvalue weighted by Crippen LogP contribution is -2.30. The number of ether oxygens (including phenoxy) is 1. The number of benzene rings is 1. The van der Waals surface area contributed by atoms with Crippen LogP contribution in [0.15, 0.2) is 28.7 Å². The maximum atomic E-state index is 11.5. The largest absolute Gasteiger partial charge is 0.486 e. The van der Waals surface area contributed by atoms with Crippen LogP contribution in [0.2, 0.25) is 0 Å². The van der Waals surface area contributed by atoms with Crippen LogP contribution in [0, 0.1) is 20.8 Å². The molecule has 0 aliphatic rings. The predicted octanol–water partition coefficient (Wildman–Crippen LogP) is 2.39. The van der Waals surface area contributed by atoms with Crippen molar-refractivity contribution < 1.29 is 13.9 Å². The Bertz CT molecular complexity index is 612. The first-order chi connectivity index (χ1) is 9.49. The second-order valence-electron chi connectivity index (χ2n) is 4.77. The van der Waals surface area contributed by atoms with Crippen LogP contribution in [0.3, 0.4) is 0 Å². The van der Waals surface area contributed by atoms with Crippen LogP contribution in [0.5, 0.6) is 5.75 Å². The first-order valence-electron chi connectivity index (χ1n) is 6.31. The van der Waals surface area contributed by atoms with Crippen LogP contribution in [0.4, 0.5) is 0 Å². The summed E-state index contributed by atoms with van der Waals surface area (Å²) in [6.45, 7) is 6.01. The van der Waals surface area contributed by atoms with Gasteiger partial charge in [-0.1, -0.05) is 6.07 Å². The molecule has 1 aromatic heterocycles. The summed E-state index contributed by atoms with van der Waals surface area (Å²) in [7, 11) is 0. The van der Waals surface area contributed by atoms with E-state index in [1.165, 1.54) is 0 Å². The van der Waals surface area contributed by atoms with Crippen molar-refractivity contribution in [1.29, 1.82) is 0 Å². The molecule has 5 nitrogen and oxygen atoms in total. The van der Waals surface area contributed by atoms with Crippen molar-refractivity contribution in [3.05, 3.63) is 52.5 Å². The molecule has 0 radical (unpaired) electrons. The van der Waals surface area contributed by atoms with E-state index in [1.807, 2.05) is 26.0 Å². The molecule has 0 fully saturated rings. The highest BCUT2D eigenvalue weighted by Crippen LogP contribution is 2.20. The fourth-order valence-corrected chi connectivity index (χ4v) is 2.09. The second-order valence-corrected chi connectivity index (χ2v) is 4.77. The van der Waals surface area contributed by atoms with E-state index in [1.54, 1.807) is 13.0 Å². The van der Waals surface area contributed by atoms with E-state index < -0.39 is 0 Å². The number of carbonyl (C=O) groups is 1. The minimum atomic E-state index is -0.371. The highest BCUT2D eigenvalue weighted by Gasteiger charge is 2.14. The Morgan fingerprint density at radius 1 is 1.20 bits per heavy atom. The van der Waals surface area contributed by atoms with Gasteiger partial charge in [0.1, 0.15) is 23.9 Å². The molecule has 20 heavy (non-hydrogen) atoms. The maximum absolute atomic E-state index is 11.5. The van der Waals surface area contributed by atoms with E-state index in [-0.39, 0.29) is 12.5 Å². The zero-order chi connectivity index (χ0) is 14.7. The monoisotopic (exact) mass is 274 g/mol. The Kier molecular flexibility index (Phi) is 4.10. The van der Waals surface area contributed by atoms with Gasteiger partial charge in [-0.2, -0.15) is 0 Å². The van der Waals surface area contributed by atoms with Crippen molar-refractivity contribution in [1.82, 2.24) is 5.43 Å². The molecule has 5 heteroatoms. The van der Waals surface area contributed by atoms with Crippen molar-refractivity contribution in [3.8, 4) is 5.75 Å². The fraction of sp³-hybridized carbons (Fsp3) is 0.267. The van der Waals surface area contributed by atoms with Gasteiger partial charge in [-0.05, 0) is 50.1 Å². The van der Waals surface area contributed by atoms with E-state index in [2.05, 4.69) is 11.5 Å². The minimum Gasteiger partial charge on any atom is -0.486 e. The molecule has 0 aliphatic carbocycles. The summed E-state index contributed by atoms with van der Waals surface area (Å²) >= 11 is 0. The Balaban J connectivity index is 2.09. The number of hydrazine groups is 1. The quantitative estimate of drug-likeness (QED) is 0.510. The summed E-state index contributed by atoms with van der Waals surface area (Å²) in [5, 5.41) is 0. The number of nitrogens with one attached hydrogen (secondary N) is 1. The van der Waals surface area contributed by atoms with E-state index >= 15 is 0 Å². The number of amides is 1. The van der Waals surface area contributed by atoms with Gasteiger partial charge in [-0.3, -0.25) is 10.2 Å². The molecule has 0 saturated carbocycles. The van der Waals surface area contributed by atoms with Crippen LogP contribution in [0.1, 0.15) is 33.0 Å². The lowest BCUT2D eigenvalue weighted by atomic mass is 10.1. The zero-order valence-corrected chi connectivity index (χ0v) is 11.8. The van der Waals surface area contributed by atoms with Gasteiger partial charge in [0.05, 0.1) is 5.56 Å². The van der Waals surface area contributed by atoms with Crippen molar-refractivity contribution in [3.63, 3.8) is 0 Å². The number of hydrogen-bond donors (Lipinski definition) is 2. The van der Waals surface area contributed by atoms with E-state index in [4.69, 9.17) is 15.0 Å². The van der Waals surface area contributed by atoms with Gasteiger partial charge >= 0.3 is 0 Å². The third-order valence-corrected chi connectivity index (χ3v) is 2.92. The maximum Gasteiger partial charge on any atom is 0.268 e. The van der Waals surface area contributed by atoms with Crippen LogP contribution in [-0.2, 0) is 6.61 Å². The first kappa shape index (κ1) is 14.1. The third kappa shape index (κ3) is 3.19. The van der Waals surface area contributed by atoms with Crippen LogP contribution in [-0.4, -0.2) is 5.91 Å². The smallest absolute Gasteiger partial charge is 0.268 e. The standard InChI is InChI=1S/C15H18N2O3/c1-9-4-10(2)6-12(5-9)19-8-13-7-14(11(3)20-13)15(18)17-16/h4-7H,8,16H2,1-3H3,(H,17,18). The summed E-state index contributed by atoms with van der Waals surface area (Å²) in [5.74, 6) is 6.62. The Morgan fingerprint density at radius 3 is 2.45 bits per heavy atom. The average molecular weight is 274 g/mol. The summed E-state index contributed by atoms with van der Waals surface area (Å²) in [5.41, 5.74) is 4.78. The van der Waals surface area contributed by atoms with Gasteiger partial charge in [0.15, 0.2) is 0 Å². The lowest BCUT2D eigenvalue weighted by molar-refractivity contribution is 0.0952. The van der Waals surface area contributed by atoms with Crippen LogP contribution in [0.25, 0.3) is 0 Å². The van der Waals surface area contributed by atoms with Gasteiger partial charge in [-0.25, -0.2) is 5.84 Å². The Labute approximate surface area is 117 Å². The molecular weight excluding hydrogens is 256 g/mol. The van der Waals surface area contributed by atoms with Gasteiger partial charge in [0, 0.05) is 0 Å². The van der Waals surface area contributed by atoms with Crippen LogP contribution >= 0.6 is 0 Å². The lowest BCUT2D eigenvalue weighted by Gasteiger charge is -2.06. The average Bonchev–Trinajstić information content (AvgIpc) is 2.76. The number of rotatable bonds is 4. The van der Waals surface area contributed by atoms with Crippen molar-refractivity contribution in [2.24, 2.45) is 5.84 Å². The molecule has 2 aromatic rings. The summed E-state index contributed by atoms with van der Waals surface area (Å²) in [6.07, 6.45) is 0. The van der Waals surface area contributed by atoms with Gasteiger partial charge in [-0.15, -0.1) is 0 Å². The topological polar surface area (TPSA) is 77.5 Å². The van der Waals surface area contributed by atoms with E-state index in [9.17, 15) is 4.79 Å². The Hall–Kier alpha value is -2.27. The zero-order valence-electron chi connectivity index (χ0n) is 11.8. The normalized spacial score (nSPS) is 10.4. The number of hydrogen-bond acceptors (Lipinski definition) is 4. The molecule has 1 aromatic carbocycles. The molecule has 1 amide bonds. The molecule has 0 atom stereocenters. The molecule has 0 bridgehead atoms. The van der Waals surface area contributed by atoms with Gasteiger partial charge in [0.2, 0.25) is 0 Å². The van der Waals surface area contributed by atoms with E-state index in [0.717, 1.165) is 16.9 Å². The summed E-state index contributed by atoms with van der Waals surface area (Å²) in [4.78, 5) is 11.5. The highest BCUT2D eigenvalue weighted by atomic mass is 16.5. The fourth-order valence-electron chi connectivity index (χ4n) is 2.09. The van der Waals surface area contributed by atoms with Crippen molar-refractivity contribution in [2.45, 2.75) is 27.4 Å². The summed E-state index contributed by atoms with van der Waals surface area (Å²) in [6, 6.07) is 7.63. The third-order valence-electron chi connectivity index (χ3n) is 2.92. The number of nitrogen functional groups attached to an aromatic ring is 1. The number of aryl methyl sites for hydroxylation is 3. The minimum absolute atomic E-state index is 0.265. The molecule has 0 unspecified atom stereocenters. The number of carbonyl (C=O) groups excluding carboxylic acids is 1. The van der Waals surface area contributed by atoms with Crippen LogP contribution < -0.4 is 16.0 Å². The van der Waals surface area contributed by atoms with Crippen molar-refractivity contribution >= 4 is 5.91 Å². The SMILES string of the molecule is Cc1cc(C)cc(OCc2cc(C(=O)NN)c(C)o2)c1. The molecule has 3 N–H and O–H groups in total. The van der Waals surface area contributed by atoms with Gasteiger partial charge < -0.3 is 9.15 Å². The number of nitrogens with two attached hydrogens (primary N) is 1. The molecule has 1 heterocycles. The molecule has 106 valence electrons. The predicted molar refractivity (Wildman–Crippen MR) is 75.3 cm³/mol.